The summed E-state index contributed by atoms with van der Waals surface area (Å²) in [5.74, 6) is 0. The van der Waals surface area contributed by atoms with Crippen LogP contribution in [-0.4, -0.2) is 35.1 Å². The molecule has 0 unspecified atom stereocenters. The van der Waals surface area contributed by atoms with Crippen LogP contribution in [0.15, 0.2) is 17.5 Å². The van der Waals surface area contributed by atoms with Crippen molar-refractivity contribution in [1.29, 1.82) is 0 Å². The van der Waals surface area contributed by atoms with E-state index in [1.807, 2.05) is 6.07 Å². The summed E-state index contributed by atoms with van der Waals surface area (Å²) in [5.41, 5.74) is 0. The minimum atomic E-state index is 0.576. The molecule has 0 amide bonds. The molecule has 0 spiro atoms. The topological polar surface area (TPSA) is 15.3 Å². The van der Waals surface area contributed by atoms with Crippen LogP contribution in [0.25, 0.3) is 0 Å². The predicted octanol–water partition coefficient (Wildman–Crippen LogP) is 3.13. The van der Waals surface area contributed by atoms with Crippen molar-refractivity contribution in [3.05, 3.63) is 22.4 Å². The summed E-state index contributed by atoms with van der Waals surface area (Å²) >= 11 is 7.02. The predicted molar refractivity (Wildman–Crippen MR) is 81.0 cm³/mol. The smallest absolute Gasteiger partial charge is 0.116 e. The Morgan fingerprint density at radius 3 is 2.47 bits per heavy atom. The maximum Gasteiger partial charge on any atom is 0.116 e. The molecule has 96 valence electrons. The van der Waals surface area contributed by atoms with E-state index in [1.165, 1.54) is 0 Å². The third-order valence-electron chi connectivity index (χ3n) is 2.73. The summed E-state index contributed by atoms with van der Waals surface area (Å²) in [6.07, 6.45) is 0. The number of hydrogen-bond acceptors (Lipinski definition) is 3. The molecule has 4 heteroatoms. The Morgan fingerprint density at radius 1 is 1.35 bits per heavy atom. The molecule has 1 aromatic heterocycles. The first-order valence-electron chi connectivity index (χ1n) is 6.09. The quantitative estimate of drug-likeness (QED) is 0.800. The van der Waals surface area contributed by atoms with Crippen LogP contribution in [0.2, 0.25) is 0 Å². The van der Waals surface area contributed by atoms with Crippen molar-refractivity contribution in [2.24, 2.45) is 0 Å². The fourth-order valence-electron chi connectivity index (χ4n) is 1.91. The first-order chi connectivity index (χ1) is 8.02. The fraction of sp³-hybridized carbons (Fsp3) is 0.615. The minimum absolute atomic E-state index is 0.576. The Balaban J connectivity index is 2.34. The van der Waals surface area contributed by atoms with Crippen molar-refractivity contribution in [1.82, 2.24) is 10.2 Å². The molecular weight excluding hydrogens is 248 g/mol. The molecule has 0 radical (unpaired) electrons. The van der Waals surface area contributed by atoms with E-state index in [2.05, 4.69) is 49.4 Å². The lowest BCUT2D eigenvalue weighted by Crippen LogP contribution is -2.42. The van der Waals surface area contributed by atoms with Gasteiger partial charge in [0.2, 0.25) is 0 Å². The van der Waals surface area contributed by atoms with Gasteiger partial charge in [0.05, 0.1) is 4.88 Å². The monoisotopic (exact) mass is 270 g/mol. The first-order valence-corrected chi connectivity index (χ1v) is 7.38. The number of nitrogens with zero attached hydrogens (tertiary/aromatic N) is 1. The molecule has 1 heterocycles. The molecule has 0 aromatic carbocycles. The Morgan fingerprint density at radius 2 is 2.00 bits per heavy atom. The molecule has 1 aromatic rings. The average molecular weight is 270 g/mol. The zero-order chi connectivity index (χ0) is 12.8. The van der Waals surface area contributed by atoms with Gasteiger partial charge in [-0.25, -0.2) is 0 Å². The summed E-state index contributed by atoms with van der Waals surface area (Å²) in [7, 11) is 0. The molecule has 0 aliphatic heterocycles. The molecule has 1 N–H and O–H groups in total. The van der Waals surface area contributed by atoms with Crippen molar-refractivity contribution in [2.45, 2.75) is 39.8 Å². The number of thiocarbonyl (C=S) groups is 1. The number of nitrogens with one attached hydrogen (secondary N) is 1. The molecular formula is C13H22N2S2. The van der Waals surface area contributed by atoms with Crippen LogP contribution >= 0.6 is 23.6 Å². The van der Waals surface area contributed by atoms with Crippen LogP contribution in [0.1, 0.15) is 32.6 Å². The van der Waals surface area contributed by atoms with Gasteiger partial charge in [0.1, 0.15) is 4.99 Å². The van der Waals surface area contributed by atoms with Gasteiger partial charge in [-0.15, -0.1) is 11.3 Å². The standard InChI is InChI=1S/C13H22N2S2/c1-10(2)15(11(3)4)8-7-14-13(16)12-6-5-9-17-12/h5-6,9-11H,7-8H2,1-4H3,(H,14,16). The Hall–Kier alpha value is -0.450. The van der Waals surface area contributed by atoms with E-state index in [9.17, 15) is 0 Å². The second-order valence-electron chi connectivity index (χ2n) is 4.66. The molecule has 0 saturated heterocycles. The Labute approximate surface area is 114 Å². The van der Waals surface area contributed by atoms with Gasteiger partial charge in [-0.2, -0.15) is 0 Å². The van der Waals surface area contributed by atoms with E-state index in [1.54, 1.807) is 11.3 Å². The van der Waals surface area contributed by atoms with Crippen molar-refractivity contribution in [2.75, 3.05) is 13.1 Å². The lowest BCUT2D eigenvalue weighted by Gasteiger charge is -2.30. The van der Waals surface area contributed by atoms with Crippen molar-refractivity contribution < 1.29 is 0 Å². The van der Waals surface area contributed by atoms with Crippen molar-refractivity contribution >= 4 is 28.5 Å². The van der Waals surface area contributed by atoms with E-state index in [0.717, 1.165) is 23.0 Å². The lowest BCUT2D eigenvalue weighted by molar-refractivity contribution is 0.178. The van der Waals surface area contributed by atoms with E-state index in [0.29, 0.717) is 12.1 Å². The summed E-state index contributed by atoms with van der Waals surface area (Å²) < 4.78 is 0. The van der Waals surface area contributed by atoms with Gasteiger partial charge in [-0.05, 0) is 39.1 Å². The third kappa shape index (κ3) is 4.74. The highest BCUT2D eigenvalue weighted by molar-refractivity contribution is 7.81. The number of rotatable bonds is 6. The highest BCUT2D eigenvalue weighted by atomic mass is 32.1. The number of thiophene rings is 1. The summed E-state index contributed by atoms with van der Waals surface area (Å²) in [6, 6.07) is 5.24. The van der Waals surface area contributed by atoms with E-state index < -0.39 is 0 Å². The molecule has 0 saturated carbocycles. The molecule has 0 atom stereocenters. The van der Waals surface area contributed by atoms with Crippen molar-refractivity contribution in [3.63, 3.8) is 0 Å². The molecule has 1 rings (SSSR count). The van der Waals surface area contributed by atoms with Gasteiger partial charge in [0.25, 0.3) is 0 Å². The lowest BCUT2D eigenvalue weighted by atomic mass is 10.2. The van der Waals surface area contributed by atoms with Gasteiger partial charge < -0.3 is 5.32 Å². The molecule has 17 heavy (non-hydrogen) atoms. The zero-order valence-corrected chi connectivity index (χ0v) is 12.7. The zero-order valence-electron chi connectivity index (χ0n) is 11.1. The van der Waals surface area contributed by atoms with Crippen LogP contribution in [0.5, 0.6) is 0 Å². The van der Waals surface area contributed by atoms with Crippen LogP contribution in [0.4, 0.5) is 0 Å². The van der Waals surface area contributed by atoms with Gasteiger partial charge in [0, 0.05) is 25.2 Å². The van der Waals surface area contributed by atoms with Gasteiger partial charge in [0.15, 0.2) is 0 Å². The minimum Gasteiger partial charge on any atom is -0.374 e. The molecule has 0 aliphatic carbocycles. The molecule has 0 fully saturated rings. The van der Waals surface area contributed by atoms with E-state index >= 15 is 0 Å². The highest BCUT2D eigenvalue weighted by Gasteiger charge is 2.12. The second kappa shape index (κ2) is 7.09. The summed E-state index contributed by atoms with van der Waals surface area (Å²) in [4.78, 5) is 4.48. The normalized spacial score (nSPS) is 11.5. The maximum atomic E-state index is 5.34. The van der Waals surface area contributed by atoms with Crippen LogP contribution in [0, 0.1) is 0 Å². The maximum absolute atomic E-state index is 5.34. The van der Waals surface area contributed by atoms with E-state index in [4.69, 9.17) is 12.2 Å². The Kier molecular flexibility index (Phi) is 6.09. The van der Waals surface area contributed by atoms with Crippen molar-refractivity contribution in [3.8, 4) is 0 Å². The van der Waals surface area contributed by atoms with Crippen LogP contribution in [0.3, 0.4) is 0 Å². The molecule has 0 aliphatic rings. The second-order valence-corrected chi connectivity index (χ2v) is 6.01. The first kappa shape index (κ1) is 14.6. The average Bonchev–Trinajstić information content (AvgIpc) is 2.76. The molecule has 2 nitrogen and oxygen atoms in total. The largest absolute Gasteiger partial charge is 0.374 e. The number of hydrogen-bond donors (Lipinski definition) is 1. The van der Waals surface area contributed by atoms with Gasteiger partial charge >= 0.3 is 0 Å². The Bertz CT molecular complexity index is 323. The summed E-state index contributed by atoms with van der Waals surface area (Å²) in [5, 5.41) is 5.38. The van der Waals surface area contributed by atoms with Crippen LogP contribution in [-0.2, 0) is 0 Å². The van der Waals surface area contributed by atoms with Gasteiger partial charge in [-0.3, -0.25) is 4.90 Å². The summed E-state index contributed by atoms with van der Waals surface area (Å²) in [6.45, 7) is 10.9. The van der Waals surface area contributed by atoms with Gasteiger partial charge in [-0.1, -0.05) is 18.3 Å². The SMILES string of the molecule is CC(C)N(CCNC(=S)c1cccs1)C(C)C. The third-order valence-corrected chi connectivity index (χ3v) is 4.11. The van der Waals surface area contributed by atoms with Crippen LogP contribution < -0.4 is 5.32 Å². The molecule has 0 bridgehead atoms. The highest BCUT2D eigenvalue weighted by Crippen LogP contribution is 2.09. The fourth-order valence-corrected chi connectivity index (χ4v) is 2.86. The van der Waals surface area contributed by atoms with E-state index in [-0.39, 0.29) is 0 Å².